The summed E-state index contributed by atoms with van der Waals surface area (Å²) in [6, 6.07) is 16.3. The Hall–Kier alpha value is -2.62. The molecule has 0 unspecified atom stereocenters. The van der Waals surface area contributed by atoms with E-state index in [9.17, 15) is 9.59 Å². The van der Waals surface area contributed by atoms with Crippen LogP contribution in [0.15, 0.2) is 54.6 Å². The summed E-state index contributed by atoms with van der Waals surface area (Å²) in [6.07, 6.45) is 8.91. The molecule has 2 N–H and O–H groups in total. The number of anilines is 2. The summed E-state index contributed by atoms with van der Waals surface area (Å²) in [5.41, 5.74) is 2.04. The number of hydrogen-bond donors (Lipinski definition) is 2. The quantitative estimate of drug-likeness (QED) is 0.478. The van der Waals surface area contributed by atoms with Crippen molar-refractivity contribution in [2.75, 3.05) is 10.6 Å². The predicted molar refractivity (Wildman–Crippen MR) is 112 cm³/mol. The van der Waals surface area contributed by atoms with Gasteiger partial charge in [-0.3, -0.25) is 9.59 Å². The number of amides is 2. The molecule has 0 radical (unpaired) electrons. The van der Waals surface area contributed by atoms with E-state index in [1.165, 1.54) is 32.1 Å². The van der Waals surface area contributed by atoms with Crippen molar-refractivity contribution in [3.8, 4) is 0 Å². The maximum Gasteiger partial charge on any atom is 0.255 e. The van der Waals surface area contributed by atoms with E-state index in [1.54, 1.807) is 24.3 Å². The number of unbranched alkanes of at least 4 members (excludes halogenated alkanes) is 6. The third kappa shape index (κ3) is 8.07. The molecule has 0 spiro atoms. The monoisotopic (exact) mass is 366 g/mol. The van der Waals surface area contributed by atoms with Crippen molar-refractivity contribution in [3.63, 3.8) is 0 Å². The first kappa shape index (κ1) is 20.7. The zero-order valence-corrected chi connectivity index (χ0v) is 16.2. The summed E-state index contributed by atoms with van der Waals surface area (Å²) in [6.45, 7) is 2.21. The highest BCUT2D eigenvalue weighted by Crippen LogP contribution is 2.14. The van der Waals surface area contributed by atoms with Gasteiger partial charge < -0.3 is 10.6 Å². The molecule has 27 heavy (non-hydrogen) atoms. The second-order valence-corrected chi connectivity index (χ2v) is 6.82. The predicted octanol–water partition coefficient (Wildman–Crippen LogP) is 6.02. The van der Waals surface area contributed by atoms with Crippen LogP contribution in [0.4, 0.5) is 11.4 Å². The smallest absolute Gasteiger partial charge is 0.255 e. The number of nitrogens with one attached hydrogen (secondary N) is 2. The van der Waals surface area contributed by atoms with Gasteiger partial charge in [-0.05, 0) is 42.8 Å². The van der Waals surface area contributed by atoms with Crippen LogP contribution >= 0.6 is 0 Å². The van der Waals surface area contributed by atoms with Crippen LogP contribution in [-0.4, -0.2) is 11.8 Å². The zero-order valence-electron chi connectivity index (χ0n) is 16.2. The minimum Gasteiger partial charge on any atom is -0.326 e. The van der Waals surface area contributed by atoms with E-state index in [1.807, 2.05) is 30.3 Å². The van der Waals surface area contributed by atoms with Gasteiger partial charge in [0.25, 0.3) is 5.91 Å². The Morgan fingerprint density at radius 1 is 0.704 bits per heavy atom. The Bertz CT molecular complexity index is 696. The molecule has 4 heteroatoms. The molecule has 0 fully saturated rings. The number of hydrogen-bond acceptors (Lipinski definition) is 2. The molecule has 0 aliphatic heterocycles. The van der Waals surface area contributed by atoms with Crippen LogP contribution in [0.1, 0.15) is 68.6 Å². The lowest BCUT2D eigenvalue weighted by atomic mass is 10.1. The van der Waals surface area contributed by atoms with Gasteiger partial charge in [0.05, 0.1) is 0 Å². The van der Waals surface area contributed by atoms with Crippen LogP contribution in [0.3, 0.4) is 0 Å². The van der Waals surface area contributed by atoms with Crippen molar-refractivity contribution >= 4 is 23.2 Å². The molecule has 0 saturated heterocycles. The molecule has 2 amide bonds. The molecule has 2 aromatic carbocycles. The molecule has 0 aromatic heterocycles. The minimum atomic E-state index is -0.165. The molecule has 0 saturated carbocycles. The fraction of sp³-hybridized carbons (Fsp3) is 0.391. The van der Waals surface area contributed by atoms with E-state index in [4.69, 9.17) is 0 Å². The van der Waals surface area contributed by atoms with Crippen LogP contribution in [0.2, 0.25) is 0 Å². The average molecular weight is 367 g/mol. The number of rotatable bonds is 11. The van der Waals surface area contributed by atoms with Crippen molar-refractivity contribution in [3.05, 3.63) is 60.2 Å². The highest BCUT2D eigenvalue weighted by Gasteiger charge is 2.07. The highest BCUT2D eigenvalue weighted by molar-refractivity contribution is 6.04. The van der Waals surface area contributed by atoms with Gasteiger partial charge in [0.2, 0.25) is 5.91 Å². The summed E-state index contributed by atoms with van der Waals surface area (Å²) in [5.74, 6) is -0.132. The van der Waals surface area contributed by atoms with Crippen molar-refractivity contribution in [2.24, 2.45) is 0 Å². The number of carbonyl (C=O) groups excluding carboxylic acids is 2. The summed E-state index contributed by atoms with van der Waals surface area (Å²) in [7, 11) is 0. The fourth-order valence-electron chi connectivity index (χ4n) is 2.90. The molecule has 0 heterocycles. The first-order valence-corrected chi connectivity index (χ1v) is 9.95. The summed E-state index contributed by atoms with van der Waals surface area (Å²) >= 11 is 0. The van der Waals surface area contributed by atoms with Crippen LogP contribution < -0.4 is 10.6 Å². The highest BCUT2D eigenvalue weighted by atomic mass is 16.2. The minimum absolute atomic E-state index is 0.0324. The van der Waals surface area contributed by atoms with Gasteiger partial charge in [-0.25, -0.2) is 0 Å². The van der Waals surface area contributed by atoms with Crippen LogP contribution in [0, 0.1) is 0 Å². The number of para-hydroxylation sites is 1. The van der Waals surface area contributed by atoms with Crippen molar-refractivity contribution < 1.29 is 9.59 Å². The van der Waals surface area contributed by atoms with E-state index in [-0.39, 0.29) is 11.8 Å². The topological polar surface area (TPSA) is 58.2 Å². The molecule has 0 aliphatic carbocycles. The van der Waals surface area contributed by atoms with Crippen LogP contribution in [0.5, 0.6) is 0 Å². The Kier molecular flexibility index (Phi) is 9.11. The van der Waals surface area contributed by atoms with Gasteiger partial charge in [0.1, 0.15) is 0 Å². The molecule has 0 atom stereocenters. The largest absolute Gasteiger partial charge is 0.326 e. The third-order valence-electron chi connectivity index (χ3n) is 4.47. The van der Waals surface area contributed by atoms with E-state index >= 15 is 0 Å². The van der Waals surface area contributed by atoms with Crippen LogP contribution in [0.25, 0.3) is 0 Å². The van der Waals surface area contributed by atoms with E-state index in [0.717, 1.165) is 24.2 Å². The molecule has 0 bridgehead atoms. The lowest BCUT2D eigenvalue weighted by molar-refractivity contribution is -0.116. The van der Waals surface area contributed by atoms with Crippen molar-refractivity contribution in [1.82, 2.24) is 0 Å². The summed E-state index contributed by atoms with van der Waals surface area (Å²) < 4.78 is 0. The van der Waals surface area contributed by atoms with Gasteiger partial charge in [-0.1, -0.05) is 63.6 Å². The molecule has 144 valence electrons. The maximum atomic E-state index is 12.2. The number of benzene rings is 2. The maximum absolute atomic E-state index is 12.2. The molecule has 2 rings (SSSR count). The molecular weight excluding hydrogens is 336 g/mol. The normalized spacial score (nSPS) is 10.4. The van der Waals surface area contributed by atoms with Crippen molar-refractivity contribution in [1.29, 1.82) is 0 Å². The van der Waals surface area contributed by atoms with Gasteiger partial charge in [-0.15, -0.1) is 0 Å². The molecular formula is C23H30N2O2. The molecule has 2 aromatic rings. The van der Waals surface area contributed by atoms with Crippen LogP contribution in [-0.2, 0) is 4.79 Å². The standard InChI is InChI=1S/C23H30N2O2/c1-2-3-4-5-6-7-11-14-22(26)24-21-17-15-19(16-18-21)23(27)25-20-12-9-8-10-13-20/h8-10,12-13,15-18H,2-7,11,14H2,1H3,(H,24,26)(H,25,27). The molecule has 4 nitrogen and oxygen atoms in total. The van der Waals surface area contributed by atoms with Gasteiger partial charge >= 0.3 is 0 Å². The number of carbonyl (C=O) groups is 2. The van der Waals surface area contributed by atoms with E-state index in [2.05, 4.69) is 17.6 Å². The average Bonchev–Trinajstić information content (AvgIpc) is 2.68. The summed E-state index contributed by atoms with van der Waals surface area (Å²) in [5, 5.41) is 5.74. The van der Waals surface area contributed by atoms with Crippen molar-refractivity contribution in [2.45, 2.75) is 58.3 Å². The van der Waals surface area contributed by atoms with Gasteiger partial charge in [0, 0.05) is 23.4 Å². The zero-order chi connectivity index (χ0) is 19.3. The van der Waals surface area contributed by atoms with Gasteiger partial charge in [-0.2, -0.15) is 0 Å². The van der Waals surface area contributed by atoms with E-state index in [0.29, 0.717) is 12.0 Å². The lowest BCUT2D eigenvalue weighted by Crippen LogP contribution is -2.13. The Morgan fingerprint density at radius 3 is 1.96 bits per heavy atom. The fourth-order valence-corrected chi connectivity index (χ4v) is 2.90. The Morgan fingerprint density at radius 2 is 1.30 bits per heavy atom. The SMILES string of the molecule is CCCCCCCCCC(=O)Nc1ccc(C(=O)Nc2ccccc2)cc1. The second-order valence-electron chi connectivity index (χ2n) is 6.82. The second kappa shape index (κ2) is 11.9. The Balaban J connectivity index is 1.70. The first-order valence-electron chi connectivity index (χ1n) is 9.95. The Labute approximate surface area is 162 Å². The van der Waals surface area contributed by atoms with E-state index < -0.39 is 0 Å². The lowest BCUT2D eigenvalue weighted by Gasteiger charge is -2.08. The third-order valence-corrected chi connectivity index (χ3v) is 4.47. The molecule has 0 aliphatic rings. The van der Waals surface area contributed by atoms with Gasteiger partial charge in [0.15, 0.2) is 0 Å². The first-order chi connectivity index (χ1) is 13.2. The summed E-state index contributed by atoms with van der Waals surface area (Å²) in [4.78, 5) is 24.2.